The summed E-state index contributed by atoms with van der Waals surface area (Å²) in [4.78, 5) is 16.7. The Morgan fingerprint density at radius 1 is 1.33 bits per heavy atom. The van der Waals surface area contributed by atoms with E-state index in [1.807, 2.05) is 12.1 Å². The molecule has 0 aliphatic heterocycles. The molecule has 21 heavy (non-hydrogen) atoms. The maximum atomic E-state index is 11.7. The van der Waals surface area contributed by atoms with Gasteiger partial charge in [0.05, 0.1) is 19.1 Å². The molecule has 0 fully saturated rings. The molecule has 1 aromatic heterocycles. The first-order valence-electron chi connectivity index (χ1n) is 6.38. The van der Waals surface area contributed by atoms with Gasteiger partial charge in [0.15, 0.2) is 0 Å². The van der Waals surface area contributed by atoms with Crippen molar-refractivity contribution in [2.75, 3.05) is 7.11 Å². The lowest BCUT2D eigenvalue weighted by Gasteiger charge is -2.08. The van der Waals surface area contributed by atoms with Crippen molar-refractivity contribution in [2.45, 2.75) is 12.8 Å². The third kappa shape index (κ3) is 2.58. The molecule has 108 valence electrons. The van der Waals surface area contributed by atoms with Crippen LogP contribution in [-0.2, 0) is 11.3 Å². The number of fused-ring (bicyclic) bond motifs is 1. The van der Waals surface area contributed by atoms with Gasteiger partial charge in [0.25, 0.3) is 0 Å². The summed E-state index contributed by atoms with van der Waals surface area (Å²) in [6, 6.07) is 6.95. The minimum Gasteiger partial charge on any atom is -0.496 e. The van der Waals surface area contributed by atoms with E-state index in [9.17, 15) is 4.79 Å². The van der Waals surface area contributed by atoms with Crippen LogP contribution in [-0.4, -0.2) is 18.8 Å². The van der Waals surface area contributed by atoms with Gasteiger partial charge in [-0.2, -0.15) is 0 Å². The number of ether oxygens (including phenoxy) is 1. The Morgan fingerprint density at radius 2 is 2.19 bits per heavy atom. The molecule has 0 bridgehead atoms. The molecule has 0 unspecified atom stereocenters. The number of carbonyl (C=O) groups excluding carboxylic acids is 1. The third-order valence-electron chi connectivity index (χ3n) is 3.30. The third-order valence-corrected chi connectivity index (χ3v) is 4.04. The molecule has 3 rings (SSSR count). The van der Waals surface area contributed by atoms with Crippen LogP contribution in [0, 0.1) is 0 Å². The van der Waals surface area contributed by atoms with Gasteiger partial charge >= 0.3 is 5.97 Å². The van der Waals surface area contributed by atoms with E-state index >= 15 is 0 Å². The fraction of sp³-hybridized carbons (Fsp3) is 0.200. The Morgan fingerprint density at radius 3 is 2.90 bits per heavy atom. The first kappa shape index (κ1) is 13.9. The number of oxime groups is 1. The highest BCUT2D eigenvalue weighted by atomic mass is 79.9. The molecule has 0 N–H and O–H groups in total. The van der Waals surface area contributed by atoms with Crippen molar-refractivity contribution in [3.8, 4) is 5.75 Å². The van der Waals surface area contributed by atoms with Crippen molar-refractivity contribution < 1.29 is 18.8 Å². The van der Waals surface area contributed by atoms with Gasteiger partial charge in [0.2, 0.25) is 5.76 Å². The minimum absolute atomic E-state index is 0.124. The lowest BCUT2D eigenvalue weighted by atomic mass is 10.1. The summed E-state index contributed by atoms with van der Waals surface area (Å²) in [5.41, 5.74) is 2.70. The summed E-state index contributed by atoms with van der Waals surface area (Å²) in [7, 11) is 1.61. The minimum atomic E-state index is -0.616. The molecule has 0 radical (unpaired) electrons. The second-order valence-electron chi connectivity index (χ2n) is 4.50. The average molecular weight is 350 g/mol. The molecule has 1 heterocycles. The molecular formula is C15H12BrNO4. The van der Waals surface area contributed by atoms with E-state index in [-0.39, 0.29) is 5.76 Å². The molecule has 0 atom stereocenters. The second-order valence-corrected chi connectivity index (χ2v) is 5.35. The first-order valence-corrected chi connectivity index (χ1v) is 7.17. The van der Waals surface area contributed by atoms with E-state index in [1.165, 1.54) is 12.3 Å². The number of furan rings is 1. The lowest BCUT2D eigenvalue weighted by molar-refractivity contribution is 0.0479. The number of hydrogen-bond acceptors (Lipinski definition) is 5. The SMILES string of the molecule is COc1ccc(Br)c2c1C(=NOC(=O)c1ccco1)CC2. The van der Waals surface area contributed by atoms with Crippen LogP contribution in [0.2, 0.25) is 0 Å². The van der Waals surface area contributed by atoms with Crippen molar-refractivity contribution in [3.63, 3.8) is 0 Å². The molecular weight excluding hydrogens is 338 g/mol. The topological polar surface area (TPSA) is 61.0 Å². The molecule has 0 saturated heterocycles. The van der Waals surface area contributed by atoms with Gasteiger partial charge in [0.1, 0.15) is 5.75 Å². The standard InChI is InChI=1S/C15H12BrNO4/c1-19-12-7-5-10(16)9-4-6-11(14(9)12)17-21-15(18)13-3-2-8-20-13/h2-3,5,7-8H,4,6H2,1H3. The maximum absolute atomic E-state index is 11.7. The van der Waals surface area contributed by atoms with E-state index in [1.54, 1.807) is 13.2 Å². The van der Waals surface area contributed by atoms with Crippen LogP contribution in [0.5, 0.6) is 5.75 Å². The van der Waals surface area contributed by atoms with Gasteiger partial charge < -0.3 is 14.0 Å². The van der Waals surface area contributed by atoms with Gasteiger partial charge in [0, 0.05) is 10.0 Å². The summed E-state index contributed by atoms with van der Waals surface area (Å²) in [5.74, 6) is 0.229. The van der Waals surface area contributed by atoms with Crippen LogP contribution in [0.15, 0.2) is 44.6 Å². The quantitative estimate of drug-likeness (QED) is 0.627. The summed E-state index contributed by atoms with van der Waals surface area (Å²) < 4.78 is 11.3. The van der Waals surface area contributed by atoms with Gasteiger partial charge in [-0.05, 0) is 42.7 Å². The van der Waals surface area contributed by atoms with E-state index in [4.69, 9.17) is 14.0 Å². The normalized spacial score (nSPS) is 15.0. The van der Waals surface area contributed by atoms with Gasteiger partial charge in [-0.3, -0.25) is 0 Å². The number of hydrogen-bond donors (Lipinski definition) is 0. The number of methoxy groups -OCH3 is 1. The Bertz CT molecular complexity index is 707. The zero-order valence-electron chi connectivity index (χ0n) is 11.3. The van der Waals surface area contributed by atoms with Crippen molar-refractivity contribution >= 4 is 27.6 Å². The number of halogens is 1. The van der Waals surface area contributed by atoms with Gasteiger partial charge in [-0.25, -0.2) is 4.79 Å². The predicted octanol–water partition coefficient (Wildman–Crippen LogP) is 3.56. The summed E-state index contributed by atoms with van der Waals surface area (Å²) in [5, 5.41) is 3.98. The van der Waals surface area contributed by atoms with E-state index in [0.29, 0.717) is 12.1 Å². The molecule has 1 aliphatic rings. The molecule has 1 aliphatic carbocycles. The van der Waals surface area contributed by atoms with Crippen molar-refractivity contribution in [1.82, 2.24) is 0 Å². The van der Waals surface area contributed by atoms with Crippen LogP contribution in [0.3, 0.4) is 0 Å². The smallest absolute Gasteiger partial charge is 0.400 e. The Labute approximate surface area is 129 Å². The zero-order valence-corrected chi connectivity index (χ0v) is 12.8. The Balaban J connectivity index is 1.88. The highest BCUT2D eigenvalue weighted by Crippen LogP contribution is 2.36. The van der Waals surface area contributed by atoms with Crippen LogP contribution in [0.4, 0.5) is 0 Å². The van der Waals surface area contributed by atoms with Crippen molar-refractivity contribution in [2.24, 2.45) is 5.16 Å². The number of carbonyl (C=O) groups is 1. The molecule has 0 amide bonds. The highest BCUT2D eigenvalue weighted by molar-refractivity contribution is 9.10. The predicted molar refractivity (Wildman–Crippen MR) is 79.7 cm³/mol. The molecule has 0 spiro atoms. The van der Waals surface area contributed by atoms with Gasteiger partial charge in [-0.15, -0.1) is 0 Å². The van der Waals surface area contributed by atoms with Crippen molar-refractivity contribution in [1.29, 1.82) is 0 Å². The fourth-order valence-corrected chi connectivity index (χ4v) is 2.86. The van der Waals surface area contributed by atoms with E-state index < -0.39 is 5.97 Å². The van der Waals surface area contributed by atoms with Crippen molar-refractivity contribution in [3.05, 3.63) is 51.9 Å². The van der Waals surface area contributed by atoms with E-state index in [2.05, 4.69) is 21.1 Å². The fourth-order valence-electron chi connectivity index (χ4n) is 2.33. The molecule has 1 aromatic carbocycles. The van der Waals surface area contributed by atoms with Crippen LogP contribution >= 0.6 is 15.9 Å². The molecule has 2 aromatic rings. The summed E-state index contributed by atoms with van der Waals surface area (Å²) >= 11 is 3.52. The monoisotopic (exact) mass is 349 g/mol. The largest absolute Gasteiger partial charge is 0.496 e. The molecule has 0 saturated carbocycles. The summed E-state index contributed by atoms with van der Waals surface area (Å²) in [6.45, 7) is 0. The van der Waals surface area contributed by atoms with E-state index in [0.717, 1.165) is 27.8 Å². The second kappa shape index (κ2) is 5.73. The van der Waals surface area contributed by atoms with Crippen LogP contribution in [0.1, 0.15) is 28.1 Å². The first-order chi connectivity index (χ1) is 10.2. The lowest BCUT2D eigenvalue weighted by Crippen LogP contribution is -2.04. The molecule has 5 nitrogen and oxygen atoms in total. The average Bonchev–Trinajstić information content (AvgIpc) is 3.15. The van der Waals surface area contributed by atoms with Crippen LogP contribution in [0.25, 0.3) is 0 Å². The van der Waals surface area contributed by atoms with Crippen LogP contribution < -0.4 is 4.74 Å². The maximum Gasteiger partial charge on any atom is 0.400 e. The zero-order chi connectivity index (χ0) is 14.8. The number of benzene rings is 1. The Kier molecular flexibility index (Phi) is 3.79. The number of nitrogens with zero attached hydrogens (tertiary/aromatic N) is 1. The Hall–Kier alpha value is -2.08. The molecule has 6 heteroatoms. The number of rotatable bonds is 3. The van der Waals surface area contributed by atoms with Gasteiger partial charge in [-0.1, -0.05) is 21.1 Å². The highest BCUT2D eigenvalue weighted by Gasteiger charge is 2.25. The summed E-state index contributed by atoms with van der Waals surface area (Å²) in [6.07, 6.45) is 2.93.